The number of carbonyl (C=O) groups is 1. The highest BCUT2D eigenvalue weighted by Gasteiger charge is 2.14. The quantitative estimate of drug-likeness (QED) is 0.777. The van der Waals surface area contributed by atoms with Crippen molar-refractivity contribution in [3.8, 4) is 0 Å². The molecular weight excluding hydrogens is 241 g/mol. The molecule has 2 heterocycles. The number of amides is 1. The zero-order valence-electron chi connectivity index (χ0n) is 7.24. The maximum Gasteiger partial charge on any atom is 0.258 e. The Bertz CT molecular complexity index is 497. The maximum atomic E-state index is 11.2. The number of imidazole rings is 1. The number of aromatic amines is 1. The Morgan fingerprint density at radius 1 is 1.40 bits per heavy atom. The lowest BCUT2D eigenvalue weighted by molar-refractivity contribution is -0.114. The number of hydrogen-bond acceptors (Lipinski definition) is 4. The van der Waals surface area contributed by atoms with E-state index in [-0.39, 0.29) is 0 Å². The summed E-state index contributed by atoms with van der Waals surface area (Å²) in [5.74, 6) is -0.248. The van der Waals surface area contributed by atoms with Gasteiger partial charge in [-0.15, -0.1) is 0 Å². The first-order valence-electron chi connectivity index (χ1n) is 3.91. The second-order valence-electron chi connectivity index (χ2n) is 2.61. The predicted octanol–water partition coefficient (Wildman–Crippen LogP) is 1.10. The summed E-state index contributed by atoms with van der Waals surface area (Å²) in [5, 5.41) is 2.45. The van der Waals surface area contributed by atoms with Crippen LogP contribution in [0.25, 0.3) is 11.2 Å². The van der Waals surface area contributed by atoms with Crippen molar-refractivity contribution in [2.75, 3.05) is 5.32 Å². The summed E-state index contributed by atoms with van der Waals surface area (Å²) in [6.07, 6.45) is 2.74. The van der Waals surface area contributed by atoms with Crippen LogP contribution in [-0.4, -0.2) is 30.7 Å². The van der Waals surface area contributed by atoms with Crippen molar-refractivity contribution in [3.05, 3.63) is 12.7 Å². The Morgan fingerprint density at radius 2 is 2.20 bits per heavy atom. The lowest BCUT2D eigenvalue weighted by Gasteiger charge is -2.04. The van der Waals surface area contributed by atoms with E-state index in [1.54, 1.807) is 0 Å². The van der Waals surface area contributed by atoms with Crippen LogP contribution >= 0.6 is 23.2 Å². The minimum atomic E-state index is -1.14. The summed E-state index contributed by atoms with van der Waals surface area (Å²) in [6, 6.07) is 0. The molecule has 0 spiro atoms. The number of H-pyrrole nitrogens is 1. The van der Waals surface area contributed by atoms with Gasteiger partial charge in [-0.2, -0.15) is 0 Å². The summed E-state index contributed by atoms with van der Waals surface area (Å²) < 4.78 is 0. The second kappa shape index (κ2) is 4.00. The lowest BCUT2D eigenvalue weighted by atomic mass is 10.5. The molecule has 0 radical (unpaired) electrons. The molecule has 6 nitrogen and oxygen atoms in total. The molecule has 0 atom stereocenters. The van der Waals surface area contributed by atoms with Gasteiger partial charge in [-0.25, -0.2) is 15.0 Å². The van der Waals surface area contributed by atoms with E-state index in [0.717, 1.165) is 0 Å². The summed E-state index contributed by atoms with van der Waals surface area (Å²) in [7, 11) is 0. The molecule has 0 aliphatic carbocycles. The fourth-order valence-electron chi connectivity index (χ4n) is 1.03. The third-order valence-corrected chi connectivity index (χ3v) is 2.06. The number of nitrogens with zero attached hydrogens (tertiary/aromatic N) is 3. The molecule has 1 amide bonds. The van der Waals surface area contributed by atoms with Crippen molar-refractivity contribution < 1.29 is 4.79 Å². The highest BCUT2D eigenvalue weighted by molar-refractivity contribution is 6.54. The maximum absolute atomic E-state index is 11.2. The molecule has 78 valence electrons. The van der Waals surface area contributed by atoms with Gasteiger partial charge in [-0.05, 0) is 0 Å². The minimum absolute atomic E-state index is 0.300. The number of rotatable bonds is 2. The van der Waals surface area contributed by atoms with E-state index in [4.69, 9.17) is 23.2 Å². The van der Waals surface area contributed by atoms with Gasteiger partial charge in [-0.1, -0.05) is 23.2 Å². The third-order valence-electron chi connectivity index (χ3n) is 1.66. The zero-order chi connectivity index (χ0) is 10.8. The summed E-state index contributed by atoms with van der Waals surface area (Å²) >= 11 is 10.8. The van der Waals surface area contributed by atoms with Crippen LogP contribution in [0.3, 0.4) is 0 Å². The van der Waals surface area contributed by atoms with Crippen molar-refractivity contribution in [1.29, 1.82) is 0 Å². The van der Waals surface area contributed by atoms with Crippen molar-refractivity contribution in [1.82, 2.24) is 19.9 Å². The molecule has 0 saturated carbocycles. The SMILES string of the molecule is O=C(Nc1ncnc2nc[nH]c12)C(Cl)Cl. The van der Waals surface area contributed by atoms with Crippen LogP contribution in [0.1, 0.15) is 0 Å². The molecule has 2 rings (SSSR count). The number of alkyl halides is 2. The zero-order valence-corrected chi connectivity index (χ0v) is 8.75. The number of hydrogen-bond donors (Lipinski definition) is 2. The monoisotopic (exact) mass is 245 g/mol. The fourth-order valence-corrected chi connectivity index (χ4v) is 1.14. The van der Waals surface area contributed by atoms with Crippen LogP contribution in [0.2, 0.25) is 0 Å². The highest BCUT2D eigenvalue weighted by atomic mass is 35.5. The Morgan fingerprint density at radius 3 is 2.93 bits per heavy atom. The third kappa shape index (κ3) is 2.00. The fraction of sp³-hybridized carbons (Fsp3) is 0.143. The van der Waals surface area contributed by atoms with E-state index >= 15 is 0 Å². The lowest BCUT2D eigenvalue weighted by Crippen LogP contribution is -2.19. The molecule has 0 bridgehead atoms. The van der Waals surface area contributed by atoms with E-state index in [1.807, 2.05) is 0 Å². The minimum Gasteiger partial charge on any atom is -0.340 e. The predicted molar refractivity (Wildman–Crippen MR) is 55.8 cm³/mol. The Balaban J connectivity index is 2.35. The van der Waals surface area contributed by atoms with Crippen LogP contribution < -0.4 is 5.32 Å². The Kier molecular flexibility index (Phi) is 2.70. The van der Waals surface area contributed by atoms with Gasteiger partial charge in [-0.3, -0.25) is 4.79 Å². The van der Waals surface area contributed by atoms with Crippen LogP contribution in [-0.2, 0) is 4.79 Å². The average Bonchev–Trinajstić information content (AvgIpc) is 2.66. The molecule has 15 heavy (non-hydrogen) atoms. The average molecular weight is 246 g/mol. The largest absolute Gasteiger partial charge is 0.340 e. The van der Waals surface area contributed by atoms with Gasteiger partial charge in [0.25, 0.3) is 5.91 Å². The van der Waals surface area contributed by atoms with Crippen LogP contribution in [0, 0.1) is 0 Å². The normalized spacial score (nSPS) is 10.9. The molecule has 8 heteroatoms. The first-order chi connectivity index (χ1) is 7.18. The first kappa shape index (κ1) is 10.1. The molecular formula is C7H5Cl2N5O. The van der Waals surface area contributed by atoms with Gasteiger partial charge in [0.2, 0.25) is 0 Å². The smallest absolute Gasteiger partial charge is 0.258 e. The molecule has 0 saturated heterocycles. The van der Waals surface area contributed by atoms with Gasteiger partial charge in [0.05, 0.1) is 6.33 Å². The Labute approximate surface area is 94.0 Å². The van der Waals surface area contributed by atoms with Gasteiger partial charge in [0.1, 0.15) is 11.8 Å². The van der Waals surface area contributed by atoms with Crippen molar-refractivity contribution >= 4 is 46.1 Å². The number of nitrogens with one attached hydrogen (secondary N) is 2. The number of anilines is 1. The number of halogens is 2. The molecule has 2 aromatic heterocycles. The van der Waals surface area contributed by atoms with E-state index in [0.29, 0.717) is 17.0 Å². The number of fused-ring (bicyclic) bond motifs is 1. The topological polar surface area (TPSA) is 83.6 Å². The van der Waals surface area contributed by atoms with Crippen molar-refractivity contribution in [3.63, 3.8) is 0 Å². The van der Waals surface area contributed by atoms with Crippen molar-refractivity contribution in [2.24, 2.45) is 0 Å². The first-order valence-corrected chi connectivity index (χ1v) is 4.79. The van der Waals surface area contributed by atoms with Crippen LogP contribution in [0.15, 0.2) is 12.7 Å². The molecule has 0 aliphatic rings. The molecule has 0 unspecified atom stereocenters. The molecule has 0 aromatic carbocycles. The standard InChI is InChI=1S/C7H5Cl2N5O/c8-4(9)7(15)14-6-3-5(11-1-10-3)12-2-13-6/h1-2,4H,(H2,10,11,12,13,14,15). The molecule has 0 fully saturated rings. The summed E-state index contributed by atoms with van der Waals surface area (Å²) in [5.41, 5.74) is 0.987. The summed E-state index contributed by atoms with van der Waals surface area (Å²) in [4.78, 5) is 24.5. The molecule has 2 N–H and O–H groups in total. The van der Waals surface area contributed by atoms with E-state index in [2.05, 4.69) is 25.3 Å². The second-order valence-corrected chi connectivity index (χ2v) is 3.71. The van der Waals surface area contributed by atoms with E-state index in [9.17, 15) is 4.79 Å². The number of aromatic nitrogens is 4. The molecule has 2 aromatic rings. The summed E-state index contributed by atoms with van der Waals surface area (Å²) in [6.45, 7) is 0. The van der Waals surface area contributed by atoms with Gasteiger partial charge in [0, 0.05) is 0 Å². The van der Waals surface area contributed by atoms with E-state index < -0.39 is 10.7 Å². The van der Waals surface area contributed by atoms with Crippen molar-refractivity contribution in [2.45, 2.75) is 4.84 Å². The van der Waals surface area contributed by atoms with Gasteiger partial charge >= 0.3 is 0 Å². The van der Waals surface area contributed by atoms with Crippen LogP contribution in [0.4, 0.5) is 5.82 Å². The molecule has 0 aliphatic heterocycles. The van der Waals surface area contributed by atoms with Gasteiger partial charge < -0.3 is 10.3 Å². The Hall–Kier alpha value is -1.40. The van der Waals surface area contributed by atoms with Crippen LogP contribution in [0.5, 0.6) is 0 Å². The highest BCUT2D eigenvalue weighted by Crippen LogP contribution is 2.15. The van der Waals surface area contributed by atoms with Gasteiger partial charge in [0.15, 0.2) is 16.3 Å². The number of carbonyl (C=O) groups excluding carboxylic acids is 1. The van der Waals surface area contributed by atoms with E-state index in [1.165, 1.54) is 12.7 Å².